The molecule has 1 unspecified atom stereocenters. The normalized spacial score (nSPS) is 16.4. The zero-order chi connectivity index (χ0) is 27.6. The van der Waals surface area contributed by atoms with E-state index in [1.54, 1.807) is 36.4 Å². The molecule has 1 aliphatic heterocycles. The Hall–Kier alpha value is -4.30. The molecule has 3 aromatic carbocycles. The fraction of sp³-hybridized carbons (Fsp3) is 0.207. The van der Waals surface area contributed by atoms with E-state index in [-0.39, 0.29) is 21.9 Å². The van der Waals surface area contributed by atoms with Crippen LogP contribution in [0.3, 0.4) is 0 Å². The number of aliphatic hydroxyl groups excluding tert-OH is 1. The van der Waals surface area contributed by atoms with Gasteiger partial charge in [-0.15, -0.1) is 0 Å². The predicted molar refractivity (Wildman–Crippen MR) is 143 cm³/mol. The van der Waals surface area contributed by atoms with Crippen LogP contribution in [0.25, 0.3) is 5.76 Å². The van der Waals surface area contributed by atoms with Crippen LogP contribution in [-0.4, -0.2) is 37.0 Å². The lowest BCUT2D eigenvalue weighted by atomic mass is 9.94. The zero-order valence-electron chi connectivity index (χ0n) is 21.3. The number of hydrogen-bond acceptors (Lipinski definition) is 7. The van der Waals surface area contributed by atoms with Crippen molar-refractivity contribution in [3.8, 4) is 17.2 Å². The van der Waals surface area contributed by atoms with Crippen molar-refractivity contribution >= 4 is 40.7 Å². The summed E-state index contributed by atoms with van der Waals surface area (Å²) in [6.45, 7) is 3.30. The molecular weight excluding hydrogens is 510 g/mol. The number of benzene rings is 3. The second-order valence-electron chi connectivity index (χ2n) is 8.54. The number of nitrogens with zero attached hydrogens (tertiary/aromatic N) is 1. The summed E-state index contributed by atoms with van der Waals surface area (Å²) in [6, 6.07) is 15.6. The molecular formula is C29H26ClNO7. The molecule has 196 valence electrons. The summed E-state index contributed by atoms with van der Waals surface area (Å²) in [5.74, 6) is -1.79. The van der Waals surface area contributed by atoms with Crippen LogP contribution in [0.5, 0.6) is 17.2 Å². The summed E-state index contributed by atoms with van der Waals surface area (Å²) in [6.07, 6.45) is 0.804. The number of halogens is 1. The number of amides is 1. The third-order valence-corrected chi connectivity index (χ3v) is 6.55. The van der Waals surface area contributed by atoms with Crippen molar-refractivity contribution in [2.45, 2.75) is 26.3 Å². The largest absolute Gasteiger partial charge is 0.507 e. The maximum absolute atomic E-state index is 13.5. The molecule has 1 fully saturated rings. The first kappa shape index (κ1) is 26.8. The number of carbonyl (C=O) groups excluding carboxylic acids is 3. The van der Waals surface area contributed by atoms with Gasteiger partial charge in [-0.3, -0.25) is 19.3 Å². The highest BCUT2D eigenvalue weighted by atomic mass is 35.5. The van der Waals surface area contributed by atoms with Gasteiger partial charge in [-0.1, -0.05) is 42.8 Å². The van der Waals surface area contributed by atoms with Crippen LogP contribution in [-0.2, 0) is 20.8 Å². The molecule has 0 bridgehead atoms. The molecule has 1 saturated heterocycles. The molecule has 1 N–H and O–H groups in total. The summed E-state index contributed by atoms with van der Waals surface area (Å²) < 4.78 is 15.8. The maximum atomic E-state index is 13.5. The van der Waals surface area contributed by atoms with Crippen molar-refractivity contribution in [2.24, 2.45) is 0 Å². The number of aliphatic hydroxyl groups is 1. The molecule has 0 aliphatic carbocycles. The Morgan fingerprint density at radius 1 is 0.974 bits per heavy atom. The fourth-order valence-electron chi connectivity index (χ4n) is 4.38. The Labute approximate surface area is 225 Å². The zero-order valence-corrected chi connectivity index (χ0v) is 22.0. The number of methoxy groups -OCH3 is 2. The van der Waals surface area contributed by atoms with E-state index >= 15 is 0 Å². The summed E-state index contributed by atoms with van der Waals surface area (Å²) >= 11 is 6.32. The molecule has 0 radical (unpaired) electrons. The van der Waals surface area contributed by atoms with E-state index in [1.807, 2.05) is 19.1 Å². The minimum atomic E-state index is -0.987. The van der Waals surface area contributed by atoms with Crippen LogP contribution >= 0.6 is 11.6 Å². The molecule has 0 spiro atoms. The second kappa shape index (κ2) is 11.0. The van der Waals surface area contributed by atoms with E-state index in [4.69, 9.17) is 25.8 Å². The number of rotatable bonds is 7. The molecule has 1 aliphatic rings. The lowest BCUT2D eigenvalue weighted by Crippen LogP contribution is -2.29. The minimum Gasteiger partial charge on any atom is -0.507 e. The Kier molecular flexibility index (Phi) is 7.73. The van der Waals surface area contributed by atoms with E-state index < -0.39 is 29.5 Å². The van der Waals surface area contributed by atoms with Gasteiger partial charge in [0.2, 0.25) is 0 Å². The fourth-order valence-corrected chi connectivity index (χ4v) is 4.62. The minimum absolute atomic E-state index is 0.124. The second-order valence-corrected chi connectivity index (χ2v) is 8.95. The quantitative estimate of drug-likeness (QED) is 0.141. The standard InChI is InChI=1S/C29H26ClNO7/c1-5-17-6-10-19(11-7-17)31-26(18-8-12-20(13-9-18)38-16(2)32)25(28(34)29(31)35)27(33)21-14-22(30)24(37-4)15-23(21)36-3/h6-15,26,33H,5H2,1-4H3/b27-25+. The van der Waals surface area contributed by atoms with E-state index in [9.17, 15) is 19.5 Å². The van der Waals surface area contributed by atoms with Gasteiger partial charge in [-0.25, -0.2) is 0 Å². The molecule has 1 atom stereocenters. The van der Waals surface area contributed by atoms with Crippen LogP contribution in [0.2, 0.25) is 5.02 Å². The summed E-state index contributed by atoms with van der Waals surface area (Å²) in [5, 5.41) is 11.7. The summed E-state index contributed by atoms with van der Waals surface area (Å²) in [7, 11) is 2.84. The van der Waals surface area contributed by atoms with Gasteiger partial charge in [0, 0.05) is 18.7 Å². The van der Waals surface area contributed by atoms with Gasteiger partial charge in [0.15, 0.2) is 0 Å². The molecule has 0 saturated carbocycles. The average molecular weight is 536 g/mol. The van der Waals surface area contributed by atoms with Gasteiger partial charge in [0.25, 0.3) is 11.7 Å². The van der Waals surface area contributed by atoms with Crippen molar-refractivity contribution in [3.05, 3.63) is 87.9 Å². The van der Waals surface area contributed by atoms with Gasteiger partial charge in [-0.2, -0.15) is 0 Å². The molecule has 0 aromatic heterocycles. The summed E-state index contributed by atoms with van der Waals surface area (Å²) in [5.41, 5.74) is 2.04. The number of hydrogen-bond donors (Lipinski definition) is 1. The van der Waals surface area contributed by atoms with Gasteiger partial charge in [0.1, 0.15) is 23.0 Å². The van der Waals surface area contributed by atoms with Crippen molar-refractivity contribution in [1.82, 2.24) is 0 Å². The molecule has 1 heterocycles. The lowest BCUT2D eigenvalue weighted by molar-refractivity contribution is -0.132. The van der Waals surface area contributed by atoms with Crippen LogP contribution in [0.4, 0.5) is 5.69 Å². The van der Waals surface area contributed by atoms with Crippen LogP contribution < -0.4 is 19.1 Å². The van der Waals surface area contributed by atoms with E-state index in [1.165, 1.54) is 38.2 Å². The molecule has 9 heteroatoms. The predicted octanol–water partition coefficient (Wildman–Crippen LogP) is 5.47. The molecule has 3 aromatic rings. The van der Waals surface area contributed by atoms with Gasteiger partial charge in [0.05, 0.1) is 36.4 Å². The first-order chi connectivity index (χ1) is 18.2. The Balaban J connectivity index is 1.94. The van der Waals surface area contributed by atoms with Crippen molar-refractivity contribution in [3.63, 3.8) is 0 Å². The number of ketones is 1. The third kappa shape index (κ3) is 4.95. The topological polar surface area (TPSA) is 102 Å². The van der Waals surface area contributed by atoms with Gasteiger partial charge >= 0.3 is 5.97 Å². The van der Waals surface area contributed by atoms with Crippen LogP contribution in [0.15, 0.2) is 66.2 Å². The van der Waals surface area contributed by atoms with Gasteiger partial charge < -0.3 is 19.3 Å². The Bertz CT molecular complexity index is 1430. The number of ether oxygens (including phenoxy) is 3. The smallest absolute Gasteiger partial charge is 0.308 e. The number of aryl methyl sites for hydroxylation is 1. The van der Waals surface area contributed by atoms with E-state index in [0.29, 0.717) is 22.7 Å². The number of esters is 1. The van der Waals surface area contributed by atoms with Crippen LogP contribution in [0.1, 0.15) is 36.6 Å². The maximum Gasteiger partial charge on any atom is 0.308 e. The highest BCUT2D eigenvalue weighted by Gasteiger charge is 2.47. The van der Waals surface area contributed by atoms with E-state index in [0.717, 1.165) is 12.0 Å². The van der Waals surface area contributed by atoms with Crippen LogP contribution in [0, 0.1) is 0 Å². The van der Waals surface area contributed by atoms with Gasteiger partial charge in [-0.05, 0) is 47.9 Å². The van der Waals surface area contributed by atoms with E-state index in [2.05, 4.69) is 0 Å². The Morgan fingerprint density at radius 3 is 2.16 bits per heavy atom. The lowest BCUT2D eigenvalue weighted by Gasteiger charge is -2.26. The first-order valence-corrected chi connectivity index (χ1v) is 12.2. The highest BCUT2D eigenvalue weighted by Crippen LogP contribution is 2.45. The molecule has 38 heavy (non-hydrogen) atoms. The van der Waals surface area contributed by atoms with Crippen molar-refractivity contribution < 1.29 is 33.7 Å². The molecule has 4 rings (SSSR count). The highest BCUT2D eigenvalue weighted by molar-refractivity contribution is 6.51. The van der Waals surface area contributed by atoms with Crippen molar-refractivity contribution in [2.75, 3.05) is 19.1 Å². The average Bonchev–Trinajstić information content (AvgIpc) is 3.18. The monoisotopic (exact) mass is 535 g/mol. The number of carbonyl (C=O) groups is 3. The molecule has 8 nitrogen and oxygen atoms in total. The van der Waals surface area contributed by atoms with Crippen molar-refractivity contribution in [1.29, 1.82) is 0 Å². The Morgan fingerprint density at radius 2 is 1.61 bits per heavy atom. The SMILES string of the molecule is CCc1ccc(N2C(=O)C(=O)/C(=C(/O)c3cc(Cl)c(OC)cc3OC)C2c2ccc(OC(C)=O)cc2)cc1. The number of Topliss-reactive ketones (excluding diaryl/α,β-unsaturated/α-hetero) is 1. The molecule has 1 amide bonds. The third-order valence-electron chi connectivity index (χ3n) is 6.25. The summed E-state index contributed by atoms with van der Waals surface area (Å²) in [4.78, 5) is 39.6. The first-order valence-electron chi connectivity index (χ1n) is 11.8. The number of anilines is 1.